The van der Waals surface area contributed by atoms with E-state index in [1.807, 2.05) is 21.7 Å². The normalized spacial score (nSPS) is 15.0. The highest BCUT2D eigenvalue weighted by Crippen LogP contribution is 2.25. The Kier molecular flexibility index (Phi) is 4.99. The minimum absolute atomic E-state index is 0.135. The summed E-state index contributed by atoms with van der Waals surface area (Å²) in [4.78, 5) is 16.8. The molecule has 6 heteroatoms. The molecule has 1 aromatic carbocycles. The zero-order valence-electron chi connectivity index (χ0n) is 15.7. The Labute approximate surface area is 163 Å². The van der Waals surface area contributed by atoms with Crippen LogP contribution in [0.15, 0.2) is 41.1 Å². The molecule has 140 valence electrons. The van der Waals surface area contributed by atoms with Gasteiger partial charge in [0.15, 0.2) is 5.82 Å². The molecule has 0 saturated carbocycles. The lowest BCUT2D eigenvalue weighted by molar-refractivity contribution is 0.0767. The van der Waals surface area contributed by atoms with Crippen molar-refractivity contribution in [1.82, 2.24) is 15.1 Å². The molecule has 3 heterocycles. The summed E-state index contributed by atoms with van der Waals surface area (Å²) >= 11 is 1.56. The second kappa shape index (κ2) is 7.56. The molecule has 5 nitrogen and oxygen atoms in total. The van der Waals surface area contributed by atoms with E-state index in [2.05, 4.69) is 53.2 Å². The summed E-state index contributed by atoms with van der Waals surface area (Å²) in [7, 11) is 0. The number of carbonyl (C=O) groups excluding carboxylic acids is 1. The summed E-state index contributed by atoms with van der Waals surface area (Å²) in [5, 5.41) is 11.6. The standard InChI is InChI=1S/C21H24N4OS/c1-15-4-5-17(12-16(15)2)19-13-20(23-22-19)24-7-3-8-25(10-9-24)21(26)18-6-11-27-14-18/h4-6,11-14H,3,7-10H2,1-2H3,(H,22,23). The highest BCUT2D eigenvalue weighted by molar-refractivity contribution is 7.08. The van der Waals surface area contributed by atoms with Crippen LogP contribution in [0.2, 0.25) is 0 Å². The predicted molar refractivity (Wildman–Crippen MR) is 111 cm³/mol. The molecule has 0 unspecified atom stereocenters. The molecule has 27 heavy (non-hydrogen) atoms. The van der Waals surface area contributed by atoms with Crippen LogP contribution in [0.4, 0.5) is 5.82 Å². The van der Waals surface area contributed by atoms with Gasteiger partial charge in [-0.15, -0.1) is 0 Å². The second-order valence-electron chi connectivity index (χ2n) is 7.08. The zero-order chi connectivity index (χ0) is 18.8. The van der Waals surface area contributed by atoms with E-state index >= 15 is 0 Å². The molecule has 1 amide bonds. The van der Waals surface area contributed by atoms with Crippen LogP contribution < -0.4 is 4.90 Å². The van der Waals surface area contributed by atoms with Crippen LogP contribution in [-0.4, -0.2) is 47.2 Å². The van der Waals surface area contributed by atoms with Crippen molar-refractivity contribution in [1.29, 1.82) is 0 Å². The number of carbonyl (C=O) groups is 1. The van der Waals surface area contributed by atoms with Gasteiger partial charge in [-0.2, -0.15) is 16.4 Å². The van der Waals surface area contributed by atoms with Crippen LogP contribution in [0.5, 0.6) is 0 Å². The van der Waals surface area contributed by atoms with E-state index in [-0.39, 0.29) is 5.91 Å². The van der Waals surface area contributed by atoms with Gasteiger partial charge in [-0.1, -0.05) is 12.1 Å². The number of rotatable bonds is 3. The molecule has 0 bridgehead atoms. The molecule has 1 aliphatic heterocycles. The van der Waals surface area contributed by atoms with Crippen LogP contribution in [0.3, 0.4) is 0 Å². The molecule has 1 N–H and O–H groups in total. The van der Waals surface area contributed by atoms with Gasteiger partial charge < -0.3 is 9.80 Å². The molecule has 0 radical (unpaired) electrons. The summed E-state index contributed by atoms with van der Waals surface area (Å²) < 4.78 is 0. The molecule has 0 atom stereocenters. The largest absolute Gasteiger partial charge is 0.353 e. The number of H-pyrrole nitrogens is 1. The summed E-state index contributed by atoms with van der Waals surface area (Å²) in [5.74, 6) is 1.09. The summed E-state index contributed by atoms with van der Waals surface area (Å²) in [6.45, 7) is 7.47. The lowest BCUT2D eigenvalue weighted by atomic mass is 10.0. The van der Waals surface area contributed by atoms with E-state index in [0.29, 0.717) is 0 Å². The van der Waals surface area contributed by atoms with Crippen molar-refractivity contribution in [2.24, 2.45) is 0 Å². The number of aryl methyl sites for hydroxylation is 2. The highest BCUT2D eigenvalue weighted by Gasteiger charge is 2.22. The summed E-state index contributed by atoms with van der Waals surface area (Å²) in [6, 6.07) is 10.5. The maximum Gasteiger partial charge on any atom is 0.254 e. The highest BCUT2D eigenvalue weighted by atomic mass is 32.1. The SMILES string of the molecule is Cc1ccc(-c2cc(N3CCCN(C(=O)c4ccsc4)CC3)n[nH]2)cc1C. The Morgan fingerprint density at radius 3 is 2.74 bits per heavy atom. The van der Waals surface area contributed by atoms with Crippen molar-refractivity contribution in [3.8, 4) is 11.3 Å². The van der Waals surface area contributed by atoms with E-state index in [1.54, 1.807) is 11.3 Å². The summed E-state index contributed by atoms with van der Waals surface area (Å²) in [6.07, 6.45) is 0.946. The molecule has 2 aromatic heterocycles. The number of thiophene rings is 1. The van der Waals surface area contributed by atoms with Crippen LogP contribution in [0, 0.1) is 13.8 Å². The monoisotopic (exact) mass is 380 g/mol. The molecule has 0 aliphatic carbocycles. The molecule has 1 saturated heterocycles. The number of nitrogens with one attached hydrogen (secondary N) is 1. The quantitative estimate of drug-likeness (QED) is 0.744. The third-order valence-electron chi connectivity index (χ3n) is 5.26. The van der Waals surface area contributed by atoms with Gasteiger partial charge in [0.05, 0.1) is 11.3 Å². The van der Waals surface area contributed by atoms with Gasteiger partial charge >= 0.3 is 0 Å². The predicted octanol–water partition coefficient (Wildman–Crippen LogP) is 4.11. The second-order valence-corrected chi connectivity index (χ2v) is 7.86. The molecule has 0 spiro atoms. The number of hydrogen-bond acceptors (Lipinski definition) is 4. The lowest BCUT2D eigenvalue weighted by Gasteiger charge is -2.21. The third-order valence-corrected chi connectivity index (χ3v) is 5.94. The fourth-order valence-electron chi connectivity index (χ4n) is 3.45. The van der Waals surface area contributed by atoms with Crippen LogP contribution in [0.25, 0.3) is 11.3 Å². The van der Waals surface area contributed by atoms with Crippen molar-refractivity contribution in [2.75, 3.05) is 31.1 Å². The van der Waals surface area contributed by atoms with Crippen molar-refractivity contribution in [3.63, 3.8) is 0 Å². The number of nitrogens with zero attached hydrogens (tertiary/aromatic N) is 3. The number of anilines is 1. The van der Waals surface area contributed by atoms with Crippen LogP contribution in [-0.2, 0) is 0 Å². The molecular weight excluding hydrogens is 356 g/mol. The summed E-state index contributed by atoms with van der Waals surface area (Å²) in [5.41, 5.74) is 5.55. The van der Waals surface area contributed by atoms with Gasteiger partial charge in [-0.05, 0) is 54.5 Å². The van der Waals surface area contributed by atoms with Gasteiger partial charge in [0.2, 0.25) is 0 Å². The molecule has 1 aliphatic rings. The van der Waals surface area contributed by atoms with Gasteiger partial charge in [0, 0.05) is 37.6 Å². The number of aromatic amines is 1. The van der Waals surface area contributed by atoms with E-state index < -0.39 is 0 Å². The maximum atomic E-state index is 12.6. The van der Waals surface area contributed by atoms with Gasteiger partial charge in [-0.3, -0.25) is 9.89 Å². The van der Waals surface area contributed by atoms with Crippen molar-refractivity contribution in [2.45, 2.75) is 20.3 Å². The number of benzene rings is 1. The Morgan fingerprint density at radius 2 is 1.96 bits per heavy atom. The van der Waals surface area contributed by atoms with Gasteiger partial charge in [-0.25, -0.2) is 0 Å². The van der Waals surface area contributed by atoms with Crippen molar-refractivity contribution in [3.05, 3.63) is 57.8 Å². The minimum atomic E-state index is 0.135. The Balaban J connectivity index is 1.46. The Hall–Kier alpha value is -2.60. The van der Waals surface area contributed by atoms with Gasteiger partial charge in [0.1, 0.15) is 0 Å². The first-order valence-corrected chi connectivity index (χ1v) is 10.3. The first kappa shape index (κ1) is 17.8. The van der Waals surface area contributed by atoms with E-state index in [9.17, 15) is 4.79 Å². The first-order chi connectivity index (χ1) is 13.1. The smallest absolute Gasteiger partial charge is 0.254 e. The first-order valence-electron chi connectivity index (χ1n) is 9.31. The fraction of sp³-hybridized carbons (Fsp3) is 0.333. The zero-order valence-corrected chi connectivity index (χ0v) is 16.6. The van der Waals surface area contributed by atoms with E-state index in [4.69, 9.17) is 0 Å². The maximum absolute atomic E-state index is 12.6. The number of amides is 1. The molecular formula is C21H24N4OS. The van der Waals surface area contributed by atoms with Crippen molar-refractivity contribution >= 4 is 23.1 Å². The number of hydrogen-bond donors (Lipinski definition) is 1. The minimum Gasteiger partial charge on any atom is -0.353 e. The van der Waals surface area contributed by atoms with Gasteiger partial charge in [0.25, 0.3) is 5.91 Å². The van der Waals surface area contributed by atoms with E-state index in [0.717, 1.165) is 55.2 Å². The average Bonchev–Trinajstić information content (AvgIpc) is 3.32. The lowest BCUT2D eigenvalue weighted by Crippen LogP contribution is -2.35. The van der Waals surface area contributed by atoms with Crippen LogP contribution in [0.1, 0.15) is 27.9 Å². The Morgan fingerprint density at radius 1 is 1.07 bits per heavy atom. The molecule has 3 aromatic rings. The molecule has 1 fully saturated rings. The Bertz CT molecular complexity index is 932. The van der Waals surface area contributed by atoms with E-state index in [1.165, 1.54) is 11.1 Å². The van der Waals surface area contributed by atoms with Crippen LogP contribution >= 0.6 is 11.3 Å². The molecule has 4 rings (SSSR count). The third kappa shape index (κ3) is 3.76. The van der Waals surface area contributed by atoms with Crippen molar-refractivity contribution < 1.29 is 4.79 Å². The number of aromatic nitrogens is 2. The fourth-order valence-corrected chi connectivity index (χ4v) is 4.08. The topological polar surface area (TPSA) is 52.2 Å². The average molecular weight is 381 g/mol.